The molecule has 0 amide bonds. The Morgan fingerprint density at radius 2 is 0.754 bits per heavy atom. The summed E-state index contributed by atoms with van der Waals surface area (Å²) >= 11 is 0. The molecule has 0 radical (unpaired) electrons. The van der Waals surface area contributed by atoms with Crippen LogP contribution in [0.15, 0.2) is 220 Å². The van der Waals surface area contributed by atoms with Gasteiger partial charge in [-0.3, -0.25) is 0 Å². The van der Waals surface area contributed by atoms with E-state index in [2.05, 4.69) is 216 Å². The van der Waals surface area contributed by atoms with E-state index in [1.165, 1.54) is 33.1 Å². The number of fused-ring (bicyclic) bond motifs is 15. The molecule has 0 fully saturated rings. The van der Waals surface area contributed by atoms with Crippen molar-refractivity contribution >= 4 is 99.0 Å². The van der Waals surface area contributed by atoms with Crippen molar-refractivity contribution in [2.24, 2.45) is 0 Å². The molecule has 65 heavy (non-hydrogen) atoms. The Balaban J connectivity index is 0.813. The second-order valence-electron chi connectivity index (χ2n) is 17.6. The number of anilines is 2. The fourth-order valence-electron chi connectivity index (χ4n) is 11.1. The molecule has 5 nitrogen and oxygen atoms in total. The molecule has 304 valence electrons. The van der Waals surface area contributed by atoms with Crippen LogP contribution in [0.4, 0.5) is 11.4 Å². The van der Waals surface area contributed by atoms with E-state index in [4.69, 9.17) is 13.3 Å². The molecule has 2 aliphatic rings. The number of aromatic nitrogens is 1. The second kappa shape index (κ2) is 13.0. The molecule has 0 saturated heterocycles. The van der Waals surface area contributed by atoms with Crippen LogP contribution < -0.4 is 4.90 Å². The van der Waals surface area contributed by atoms with Crippen molar-refractivity contribution in [1.29, 1.82) is 0 Å². The van der Waals surface area contributed by atoms with Gasteiger partial charge in [0.1, 0.15) is 33.5 Å². The zero-order valence-corrected chi connectivity index (χ0v) is 34.9. The number of rotatable bonds is 4. The van der Waals surface area contributed by atoms with E-state index in [9.17, 15) is 0 Å². The van der Waals surface area contributed by atoms with Gasteiger partial charge in [0.2, 0.25) is 0 Å². The SMILES string of the molecule is C1=CC2c3ccccc3N(c3ccc4oc5ccc(-c6ccc7oc8ccc(-c9ccc%10oc%11ccc(-n%12c%13ccccc%13c%13ccccc%13%12)cc%11c%10c9)cc8c7c6)cc5c4c3)C2C=C1. The minimum atomic E-state index is 0.237. The number of allylic oxidation sites excluding steroid dienone is 2. The van der Waals surface area contributed by atoms with E-state index in [1.54, 1.807) is 0 Å². The molecule has 13 aromatic rings. The molecule has 2 atom stereocenters. The summed E-state index contributed by atoms with van der Waals surface area (Å²) in [5.41, 5.74) is 17.0. The third-order valence-corrected chi connectivity index (χ3v) is 14.1. The number of benzene rings is 9. The maximum Gasteiger partial charge on any atom is 0.135 e. The fraction of sp³-hybridized carbons (Fsp3) is 0.0333. The number of nitrogens with zero attached hydrogens (tertiary/aromatic N) is 2. The molecule has 5 heteroatoms. The second-order valence-corrected chi connectivity index (χ2v) is 17.6. The molecule has 1 aliphatic carbocycles. The normalized spacial score (nSPS) is 15.8. The third-order valence-electron chi connectivity index (χ3n) is 14.1. The zero-order valence-electron chi connectivity index (χ0n) is 34.9. The Kier molecular flexibility index (Phi) is 7.00. The lowest BCUT2D eigenvalue weighted by molar-refractivity contribution is 0.668. The van der Waals surface area contributed by atoms with Gasteiger partial charge in [0, 0.05) is 66.1 Å². The van der Waals surface area contributed by atoms with Gasteiger partial charge in [0.25, 0.3) is 0 Å². The van der Waals surface area contributed by atoms with Crippen LogP contribution in [0.5, 0.6) is 0 Å². The molecule has 0 N–H and O–H groups in total. The molecule has 0 spiro atoms. The quantitative estimate of drug-likeness (QED) is 0.177. The summed E-state index contributed by atoms with van der Waals surface area (Å²) in [6.07, 6.45) is 8.99. The van der Waals surface area contributed by atoms with Crippen molar-refractivity contribution in [1.82, 2.24) is 4.57 Å². The summed E-state index contributed by atoms with van der Waals surface area (Å²) in [5.74, 6) is 0.331. The van der Waals surface area contributed by atoms with Crippen molar-refractivity contribution in [2.75, 3.05) is 4.90 Å². The summed E-state index contributed by atoms with van der Waals surface area (Å²) in [6.45, 7) is 0. The van der Waals surface area contributed by atoms with Crippen LogP contribution in [-0.2, 0) is 0 Å². The van der Waals surface area contributed by atoms with Crippen molar-refractivity contribution < 1.29 is 13.3 Å². The van der Waals surface area contributed by atoms with Crippen molar-refractivity contribution in [3.63, 3.8) is 0 Å². The molecule has 1 aliphatic heterocycles. The van der Waals surface area contributed by atoms with Crippen LogP contribution >= 0.6 is 0 Å². The first kappa shape index (κ1) is 35.0. The summed E-state index contributed by atoms with van der Waals surface area (Å²) in [4.78, 5) is 2.48. The van der Waals surface area contributed by atoms with Gasteiger partial charge in [0.15, 0.2) is 0 Å². The highest BCUT2D eigenvalue weighted by molar-refractivity contribution is 6.13. The Bertz CT molecular complexity index is 4170. The van der Waals surface area contributed by atoms with Crippen LogP contribution in [-0.4, -0.2) is 10.6 Å². The van der Waals surface area contributed by atoms with Gasteiger partial charge in [-0.2, -0.15) is 0 Å². The van der Waals surface area contributed by atoms with E-state index < -0.39 is 0 Å². The largest absolute Gasteiger partial charge is 0.456 e. The minimum Gasteiger partial charge on any atom is -0.456 e. The van der Waals surface area contributed by atoms with Crippen LogP contribution in [0.25, 0.3) is 116 Å². The molecule has 15 rings (SSSR count). The van der Waals surface area contributed by atoms with Crippen molar-refractivity contribution in [3.8, 4) is 27.9 Å². The molecular formula is C60H36N2O3. The molecule has 0 bridgehead atoms. The van der Waals surface area contributed by atoms with Crippen molar-refractivity contribution in [3.05, 3.63) is 212 Å². The maximum atomic E-state index is 6.45. The summed E-state index contributed by atoms with van der Waals surface area (Å²) < 4.78 is 21.7. The van der Waals surface area contributed by atoms with Crippen LogP contribution in [0.3, 0.4) is 0 Å². The van der Waals surface area contributed by atoms with E-state index in [1.807, 2.05) is 0 Å². The number of hydrogen-bond acceptors (Lipinski definition) is 4. The van der Waals surface area contributed by atoms with Gasteiger partial charge < -0.3 is 22.7 Å². The van der Waals surface area contributed by atoms with Crippen LogP contribution in [0.1, 0.15) is 11.5 Å². The molecular weight excluding hydrogens is 797 g/mol. The monoisotopic (exact) mass is 832 g/mol. The van der Waals surface area contributed by atoms with Gasteiger partial charge in [0.05, 0.1) is 17.1 Å². The topological polar surface area (TPSA) is 47.6 Å². The van der Waals surface area contributed by atoms with E-state index >= 15 is 0 Å². The van der Waals surface area contributed by atoms with Gasteiger partial charge in [-0.25, -0.2) is 0 Å². The lowest BCUT2D eigenvalue weighted by Gasteiger charge is -2.28. The fourth-order valence-corrected chi connectivity index (χ4v) is 11.1. The third kappa shape index (κ3) is 5.03. The highest BCUT2D eigenvalue weighted by Gasteiger charge is 2.37. The van der Waals surface area contributed by atoms with Gasteiger partial charge in [-0.05, 0) is 131 Å². The Labute approximate surface area is 371 Å². The first-order chi connectivity index (χ1) is 32.2. The maximum absolute atomic E-state index is 6.45. The predicted molar refractivity (Wildman–Crippen MR) is 267 cm³/mol. The summed E-state index contributed by atoms with van der Waals surface area (Å²) in [5, 5.41) is 9.06. The number of para-hydroxylation sites is 3. The Morgan fingerprint density at radius 1 is 0.338 bits per heavy atom. The first-order valence-corrected chi connectivity index (χ1v) is 22.3. The minimum absolute atomic E-state index is 0.237. The van der Waals surface area contributed by atoms with Crippen LogP contribution in [0, 0.1) is 0 Å². The molecule has 9 aromatic carbocycles. The van der Waals surface area contributed by atoms with Gasteiger partial charge in [-0.1, -0.05) is 103 Å². The lowest BCUT2D eigenvalue weighted by Crippen LogP contribution is -2.28. The average molecular weight is 833 g/mol. The summed E-state index contributed by atoms with van der Waals surface area (Å²) in [6, 6.07) is 65.6. The Hall–Kier alpha value is -8.54. The summed E-state index contributed by atoms with van der Waals surface area (Å²) in [7, 11) is 0. The van der Waals surface area contributed by atoms with Crippen molar-refractivity contribution in [2.45, 2.75) is 12.0 Å². The average Bonchev–Trinajstić information content (AvgIpc) is 4.17. The zero-order chi connectivity index (χ0) is 42.3. The number of furan rings is 3. The highest BCUT2D eigenvalue weighted by atomic mass is 16.3. The van der Waals surface area contributed by atoms with E-state index in [0.717, 1.165) is 99.4 Å². The molecule has 2 unspecified atom stereocenters. The highest BCUT2D eigenvalue weighted by Crippen LogP contribution is 2.49. The predicted octanol–water partition coefficient (Wildman–Crippen LogP) is 16.5. The smallest absolute Gasteiger partial charge is 0.135 e. The van der Waals surface area contributed by atoms with Gasteiger partial charge in [-0.15, -0.1) is 0 Å². The van der Waals surface area contributed by atoms with Gasteiger partial charge >= 0.3 is 0 Å². The standard InChI is InChI=1S/C60H36N2O3/c1-5-13-51-41(9-1)42-10-2-6-14-52(42)61(51)39-21-27-59-49(33-39)47-31-37(19-25-57(47)64-59)35-17-23-55-45(29-35)46-30-36(18-24-56(46)63-55)38-20-26-58-48(32-38)50-34-40(22-28-60(50)65-58)62-53-15-7-3-11-43(53)44-12-4-8-16-54(44)62/h1-34,41,51H. The molecule has 0 saturated carbocycles. The van der Waals surface area contributed by atoms with E-state index in [-0.39, 0.29) is 6.04 Å². The first-order valence-electron chi connectivity index (χ1n) is 22.3. The molecule has 4 aromatic heterocycles. The lowest BCUT2D eigenvalue weighted by atomic mass is 9.91. The molecule has 5 heterocycles. The number of hydrogen-bond donors (Lipinski definition) is 0. The Morgan fingerprint density at radius 3 is 1.29 bits per heavy atom. The van der Waals surface area contributed by atoms with E-state index in [0.29, 0.717) is 5.92 Å². The van der Waals surface area contributed by atoms with Crippen LogP contribution in [0.2, 0.25) is 0 Å².